The third-order valence-corrected chi connectivity index (χ3v) is 7.55. The minimum atomic E-state index is -3.41. The van der Waals surface area contributed by atoms with Gasteiger partial charge >= 0.3 is 0 Å². The summed E-state index contributed by atoms with van der Waals surface area (Å²) in [6.07, 6.45) is 5.06. The number of ether oxygens (including phenoxy) is 1. The molecule has 0 saturated heterocycles. The number of hydrogen-bond donors (Lipinski definition) is 1. The molecule has 0 aliphatic heterocycles. The van der Waals surface area contributed by atoms with Gasteiger partial charge in [0.15, 0.2) is 15.9 Å². The topological polar surface area (TPSA) is 98.2 Å². The first kappa shape index (κ1) is 26.8. The standard InChI is InChI=1S/C25H37N3O4S/c1-9-20(22(29)28-23-26-15-18(16-27-23)33(8,30)31)32-21-13-12-17(24(4,5)10-2)14-19(21)25(6,7)11-3/h12-16,20H,9-11H2,1-8H3,(H,26,27,28,29). The van der Waals surface area contributed by atoms with Crippen LogP contribution < -0.4 is 10.1 Å². The highest BCUT2D eigenvalue weighted by molar-refractivity contribution is 7.90. The summed E-state index contributed by atoms with van der Waals surface area (Å²) in [6.45, 7) is 15.0. The molecule has 1 aromatic carbocycles. The molecule has 2 rings (SSSR count). The van der Waals surface area contributed by atoms with E-state index in [1.165, 1.54) is 18.0 Å². The maximum Gasteiger partial charge on any atom is 0.267 e. The van der Waals surface area contributed by atoms with Crippen LogP contribution in [-0.4, -0.2) is 36.7 Å². The average molecular weight is 476 g/mol. The zero-order valence-corrected chi connectivity index (χ0v) is 21.8. The summed E-state index contributed by atoms with van der Waals surface area (Å²) < 4.78 is 29.4. The molecule has 0 fully saturated rings. The molecule has 1 heterocycles. The maximum absolute atomic E-state index is 12.9. The second-order valence-corrected chi connectivity index (χ2v) is 11.7. The second-order valence-electron chi connectivity index (χ2n) is 9.70. The van der Waals surface area contributed by atoms with Crippen LogP contribution in [0.5, 0.6) is 5.75 Å². The normalized spacial score (nSPS) is 13.5. The zero-order chi connectivity index (χ0) is 25.0. The maximum atomic E-state index is 12.9. The van der Waals surface area contributed by atoms with Gasteiger partial charge in [-0.1, -0.05) is 60.6 Å². The Hall–Kier alpha value is -2.48. The van der Waals surface area contributed by atoms with Crippen molar-refractivity contribution >= 4 is 21.7 Å². The van der Waals surface area contributed by atoms with Crippen molar-refractivity contribution in [3.05, 3.63) is 41.7 Å². The minimum Gasteiger partial charge on any atom is -0.480 e. The van der Waals surface area contributed by atoms with Crippen LogP contribution in [0.4, 0.5) is 5.95 Å². The number of nitrogens with one attached hydrogen (secondary N) is 1. The molecule has 1 unspecified atom stereocenters. The van der Waals surface area contributed by atoms with Crippen molar-refractivity contribution < 1.29 is 17.9 Å². The summed E-state index contributed by atoms with van der Waals surface area (Å²) in [6, 6.07) is 6.25. The highest BCUT2D eigenvalue weighted by atomic mass is 32.2. The van der Waals surface area contributed by atoms with Crippen LogP contribution in [0, 0.1) is 0 Å². The van der Waals surface area contributed by atoms with E-state index in [1.54, 1.807) is 0 Å². The molecule has 0 saturated carbocycles. The van der Waals surface area contributed by atoms with Gasteiger partial charge in [-0.05, 0) is 41.7 Å². The Balaban J connectivity index is 2.31. The number of carbonyl (C=O) groups is 1. The number of amides is 1. The van der Waals surface area contributed by atoms with Crippen LogP contribution >= 0.6 is 0 Å². The van der Waals surface area contributed by atoms with Crippen molar-refractivity contribution in [3.63, 3.8) is 0 Å². The highest BCUT2D eigenvalue weighted by Gasteiger charge is 2.29. The number of sulfone groups is 1. The van der Waals surface area contributed by atoms with E-state index >= 15 is 0 Å². The van der Waals surface area contributed by atoms with E-state index in [2.05, 4.69) is 69.0 Å². The molecule has 1 N–H and O–H groups in total. The lowest BCUT2D eigenvalue weighted by Crippen LogP contribution is -2.34. The number of aromatic nitrogens is 2. The molecule has 8 heteroatoms. The van der Waals surface area contributed by atoms with Crippen LogP contribution in [0.15, 0.2) is 35.5 Å². The van der Waals surface area contributed by atoms with Crippen LogP contribution in [0.1, 0.15) is 78.9 Å². The Morgan fingerprint density at radius 2 is 1.61 bits per heavy atom. The lowest BCUT2D eigenvalue weighted by Gasteiger charge is -2.31. The summed E-state index contributed by atoms with van der Waals surface area (Å²) in [5, 5.41) is 2.63. The molecule has 0 spiro atoms. The van der Waals surface area contributed by atoms with E-state index in [0.717, 1.165) is 24.7 Å². The molecule has 33 heavy (non-hydrogen) atoms. The van der Waals surface area contributed by atoms with Crippen LogP contribution in [0.25, 0.3) is 0 Å². The number of anilines is 1. The second kappa shape index (κ2) is 10.2. The lowest BCUT2D eigenvalue weighted by atomic mass is 9.76. The Labute approximate surface area is 198 Å². The molecule has 7 nitrogen and oxygen atoms in total. The fourth-order valence-electron chi connectivity index (χ4n) is 3.22. The summed E-state index contributed by atoms with van der Waals surface area (Å²) >= 11 is 0. The fraction of sp³-hybridized carbons (Fsp3) is 0.560. The highest BCUT2D eigenvalue weighted by Crippen LogP contribution is 2.39. The number of rotatable bonds is 10. The van der Waals surface area contributed by atoms with Crippen molar-refractivity contribution in [1.29, 1.82) is 0 Å². The van der Waals surface area contributed by atoms with Crippen LogP contribution in [0.2, 0.25) is 0 Å². The van der Waals surface area contributed by atoms with Gasteiger partial charge in [-0.3, -0.25) is 10.1 Å². The van der Waals surface area contributed by atoms with Gasteiger partial charge < -0.3 is 4.74 Å². The molecule has 0 aliphatic rings. The van der Waals surface area contributed by atoms with E-state index in [1.807, 2.05) is 13.0 Å². The molecule has 182 valence electrons. The van der Waals surface area contributed by atoms with E-state index in [-0.39, 0.29) is 27.6 Å². The van der Waals surface area contributed by atoms with Gasteiger partial charge in [0.1, 0.15) is 10.6 Å². The average Bonchev–Trinajstić information content (AvgIpc) is 2.76. The quantitative estimate of drug-likeness (QED) is 0.516. The molecule has 2 aromatic rings. The first-order valence-electron chi connectivity index (χ1n) is 11.4. The third-order valence-electron chi connectivity index (χ3n) is 6.48. The van der Waals surface area contributed by atoms with E-state index in [9.17, 15) is 13.2 Å². The number of hydrogen-bond acceptors (Lipinski definition) is 6. The summed E-state index contributed by atoms with van der Waals surface area (Å²) in [5.74, 6) is 0.333. The third kappa shape index (κ3) is 6.53. The molecule has 0 bridgehead atoms. The van der Waals surface area contributed by atoms with Gasteiger partial charge in [0.05, 0.1) is 12.4 Å². The van der Waals surface area contributed by atoms with E-state index in [4.69, 9.17) is 4.74 Å². The monoisotopic (exact) mass is 475 g/mol. The summed E-state index contributed by atoms with van der Waals surface area (Å²) in [4.78, 5) is 20.8. The van der Waals surface area contributed by atoms with Gasteiger partial charge in [-0.25, -0.2) is 18.4 Å². The van der Waals surface area contributed by atoms with Gasteiger partial charge in [-0.15, -0.1) is 0 Å². The predicted octanol–water partition coefficient (Wildman–Crippen LogP) is 5.05. The molecular formula is C25H37N3O4S. The van der Waals surface area contributed by atoms with Gasteiger partial charge in [0.25, 0.3) is 5.91 Å². The fourth-order valence-corrected chi connectivity index (χ4v) is 3.70. The summed E-state index contributed by atoms with van der Waals surface area (Å²) in [5.41, 5.74) is 2.22. The number of carbonyl (C=O) groups excluding carboxylic acids is 1. The SMILES string of the molecule is CCC(Oc1ccc(C(C)(C)CC)cc1C(C)(C)CC)C(=O)Nc1ncc(S(C)(=O)=O)cn1. The first-order valence-corrected chi connectivity index (χ1v) is 13.3. The van der Waals surface area contributed by atoms with Crippen LogP contribution in [-0.2, 0) is 25.5 Å². The number of nitrogens with zero attached hydrogens (tertiary/aromatic N) is 2. The van der Waals surface area contributed by atoms with Crippen molar-refractivity contribution in [3.8, 4) is 5.75 Å². The Morgan fingerprint density at radius 3 is 2.09 bits per heavy atom. The molecule has 1 aromatic heterocycles. The van der Waals surface area contributed by atoms with E-state index < -0.39 is 15.9 Å². The largest absolute Gasteiger partial charge is 0.480 e. The first-order chi connectivity index (χ1) is 15.2. The predicted molar refractivity (Wildman–Crippen MR) is 132 cm³/mol. The Kier molecular flexibility index (Phi) is 8.27. The molecule has 0 aliphatic carbocycles. The van der Waals surface area contributed by atoms with Crippen molar-refractivity contribution in [1.82, 2.24) is 9.97 Å². The molecule has 1 amide bonds. The molecule has 0 radical (unpaired) electrons. The molecule has 1 atom stereocenters. The van der Waals surface area contributed by atoms with Crippen molar-refractivity contribution in [2.24, 2.45) is 0 Å². The summed E-state index contributed by atoms with van der Waals surface area (Å²) in [7, 11) is -3.41. The number of benzene rings is 1. The van der Waals surface area contributed by atoms with Gasteiger partial charge in [0, 0.05) is 11.8 Å². The Morgan fingerprint density at radius 1 is 1.03 bits per heavy atom. The van der Waals surface area contributed by atoms with Gasteiger partial charge in [0.2, 0.25) is 5.95 Å². The Bertz CT molecular complexity index is 1080. The van der Waals surface area contributed by atoms with Crippen LogP contribution in [0.3, 0.4) is 0 Å². The smallest absolute Gasteiger partial charge is 0.267 e. The van der Waals surface area contributed by atoms with E-state index in [0.29, 0.717) is 12.2 Å². The van der Waals surface area contributed by atoms with Gasteiger partial charge in [-0.2, -0.15) is 0 Å². The van der Waals surface area contributed by atoms with Crippen molar-refractivity contribution in [2.75, 3.05) is 11.6 Å². The van der Waals surface area contributed by atoms with Crippen molar-refractivity contribution in [2.45, 2.75) is 89.6 Å². The minimum absolute atomic E-state index is 0.00896. The lowest BCUT2D eigenvalue weighted by molar-refractivity contribution is -0.122. The zero-order valence-electron chi connectivity index (χ0n) is 21.0. The molecular weight excluding hydrogens is 438 g/mol.